The van der Waals surface area contributed by atoms with Gasteiger partial charge in [0.05, 0.1) is 22.6 Å². The Labute approximate surface area is 165 Å². The zero-order chi connectivity index (χ0) is 20.3. The van der Waals surface area contributed by atoms with Gasteiger partial charge in [-0.3, -0.25) is 5.01 Å². The molecule has 0 atom stereocenters. The van der Waals surface area contributed by atoms with Crippen molar-refractivity contribution in [3.63, 3.8) is 0 Å². The lowest BCUT2D eigenvalue weighted by atomic mass is 9.95. The molecule has 0 bridgehead atoms. The molecule has 0 unspecified atom stereocenters. The van der Waals surface area contributed by atoms with E-state index in [4.69, 9.17) is 0 Å². The van der Waals surface area contributed by atoms with Gasteiger partial charge < -0.3 is 10.0 Å². The van der Waals surface area contributed by atoms with Crippen LogP contribution >= 0.6 is 0 Å². The number of fused-ring (bicyclic) bond motifs is 3. The second-order valence-electron chi connectivity index (χ2n) is 7.32. The first-order valence-electron chi connectivity index (χ1n) is 9.39. The minimum absolute atomic E-state index is 0.0465. The van der Waals surface area contributed by atoms with Gasteiger partial charge in [-0.05, 0) is 43.7 Å². The smallest absolute Gasteiger partial charge is 0.416 e. The number of anilines is 2. The van der Waals surface area contributed by atoms with Crippen LogP contribution in [-0.4, -0.2) is 23.1 Å². The maximum absolute atomic E-state index is 12.9. The van der Waals surface area contributed by atoms with Crippen LogP contribution in [-0.2, 0) is 6.18 Å². The van der Waals surface area contributed by atoms with E-state index in [1.165, 1.54) is 17.1 Å². The van der Waals surface area contributed by atoms with Gasteiger partial charge in [0.25, 0.3) is 0 Å². The highest BCUT2D eigenvalue weighted by Gasteiger charge is 2.40. The van der Waals surface area contributed by atoms with Crippen molar-refractivity contribution in [2.45, 2.75) is 19.5 Å². The number of hydrazine groups is 2. The zero-order valence-electron chi connectivity index (χ0n) is 15.7. The Morgan fingerprint density at radius 2 is 1.62 bits per heavy atom. The van der Waals surface area contributed by atoms with Crippen LogP contribution in [0.2, 0.25) is 0 Å². The quantitative estimate of drug-likeness (QED) is 0.770. The van der Waals surface area contributed by atoms with E-state index in [9.17, 15) is 18.3 Å². The van der Waals surface area contributed by atoms with E-state index in [1.54, 1.807) is 5.01 Å². The average molecular weight is 400 g/mol. The summed E-state index contributed by atoms with van der Waals surface area (Å²) in [5.41, 5.74) is 7.34. The van der Waals surface area contributed by atoms with Gasteiger partial charge in [0.1, 0.15) is 5.70 Å². The second-order valence-corrected chi connectivity index (χ2v) is 7.32. The van der Waals surface area contributed by atoms with E-state index in [-0.39, 0.29) is 5.88 Å². The molecule has 2 N–H and O–H groups in total. The fourth-order valence-electron chi connectivity index (χ4n) is 4.02. The van der Waals surface area contributed by atoms with Gasteiger partial charge in [0, 0.05) is 24.2 Å². The first-order chi connectivity index (χ1) is 13.9. The van der Waals surface area contributed by atoms with Crippen molar-refractivity contribution in [3.05, 3.63) is 76.8 Å². The number of hydrogen-bond donors (Lipinski definition) is 2. The summed E-state index contributed by atoms with van der Waals surface area (Å²) >= 11 is 0. The van der Waals surface area contributed by atoms with Crippen LogP contribution in [0.5, 0.6) is 0 Å². The molecule has 5 rings (SSSR count). The SMILES string of the molecule is CC1=C(N2CCC2)c2ccccc2N2NN(c3ccc(C(F)(F)F)cc3)C(O)=C12. The number of benzene rings is 2. The van der Waals surface area contributed by atoms with Crippen LogP contribution in [0.15, 0.2) is 65.7 Å². The summed E-state index contributed by atoms with van der Waals surface area (Å²) in [5.74, 6) is -0.0465. The molecule has 1 saturated heterocycles. The number of likely N-dealkylation sites (tertiary alicyclic amines) is 1. The van der Waals surface area contributed by atoms with Crippen LogP contribution in [0.1, 0.15) is 24.5 Å². The molecule has 0 spiro atoms. The summed E-state index contributed by atoms with van der Waals surface area (Å²) in [5, 5.41) is 14.2. The van der Waals surface area contributed by atoms with Gasteiger partial charge in [-0.2, -0.15) is 13.2 Å². The highest BCUT2D eigenvalue weighted by Crippen LogP contribution is 2.45. The first-order valence-corrected chi connectivity index (χ1v) is 9.39. The van der Waals surface area contributed by atoms with Crippen molar-refractivity contribution in [3.8, 4) is 0 Å². The maximum atomic E-state index is 12.9. The molecule has 5 nitrogen and oxygen atoms in total. The molecule has 0 radical (unpaired) electrons. The van der Waals surface area contributed by atoms with Gasteiger partial charge in [-0.15, -0.1) is 5.53 Å². The third-order valence-electron chi connectivity index (χ3n) is 5.58. The molecule has 3 heterocycles. The molecule has 2 aromatic rings. The number of aliphatic hydroxyl groups is 1. The molecule has 0 amide bonds. The molecule has 3 aliphatic heterocycles. The molecular formula is C21H19F3N4O. The summed E-state index contributed by atoms with van der Waals surface area (Å²) in [4.78, 5) is 2.28. The molecule has 0 saturated carbocycles. The van der Waals surface area contributed by atoms with Gasteiger partial charge in [-0.25, -0.2) is 5.01 Å². The number of hydrogen-bond acceptors (Lipinski definition) is 5. The third-order valence-corrected chi connectivity index (χ3v) is 5.58. The normalized spacial score (nSPS) is 18.8. The van der Waals surface area contributed by atoms with Crippen LogP contribution < -0.4 is 15.6 Å². The van der Waals surface area contributed by atoms with Gasteiger partial charge in [0.15, 0.2) is 0 Å². The molecule has 1 fully saturated rings. The topological polar surface area (TPSA) is 42.0 Å². The fraction of sp³-hybridized carbons (Fsp3) is 0.238. The minimum atomic E-state index is -4.40. The Morgan fingerprint density at radius 1 is 0.931 bits per heavy atom. The minimum Gasteiger partial charge on any atom is -0.492 e. The van der Waals surface area contributed by atoms with Gasteiger partial charge >= 0.3 is 6.18 Å². The number of nitrogens with one attached hydrogen (secondary N) is 1. The highest BCUT2D eigenvalue weighted by molar-refractivity contribution is 5.87. The lowest BCUT2D eigenvalue weighted by molar-refractivity contribution is -0.137. The van der Waals surface area contributed by atoms with Crippen molar-refractivity contribution in [2.24, 2.45) is 0 Å². The monoisotopic (exact) mass is 400 g/mol. The van der Waals surface area contributed by atoms with E-state index < -0.39 is 11.7 Å². The largest absolute Gasteiger partial charge is 0.492 e. The molecule has 0 aliphatic carbocycles. The van der Waals surface area contributed by atoms with Crippen LogP contribution in [0, 0.1) is 0 Å². The Kier molecular flexibility index (Phi) is 3.82. The maximum Gasteiger partial charge on any atom is 0.416 e. The van der Waals surface area contributed by atoms with Gasteiger partial charge in [0.2, 0.25) is 5.88 Å². The Bertz CT molecular complexity index is 1040. The third kappa shape index (κ3) is 2.66. The first kappa shape index (κ1) is 17.9. The molecule has 3 aliphatic rings. The molecule has 150 valence electrons. The van der Waals surface area contributed by atoms with E-state index in [1.807, 2.05) is 31.2 Å². The molecule has 2 aromatic carbocycles. The van der Waals surface area contributed by atoms with Gasteiger partial charge in [-0.1, -0.05) is 18.2 Å². The van der Waals surface area contributed by atoms with Crippen molar-refractivity contribution >= 4 is 17.1 Å². The second kappa shape index (κ2) is 6.18. The van der Waals surface area contributed by atoms with Crippen molar-refractivity contribution in [1.29, 1.82) is 0 Å². The van der Waals surface area contributed by atoms with E-state index in [0.29, 0.717) is 11.4 Å². The summed E-state index contributed by atoms with van der Waals surface area (Å²) < 4.78 is 38.6. The van der Waals surface area contributed by atoms with E-state index in [0.717, 1.165) is 54.2 Å². The number of rotatable bonds is 2. The summed E-state index contributed by atoms with van der Waals surface area (Å²) in [7, 11) is 0. The Balaban J connectivity index is 1.59. The summed E-state index contributed by atoms with van der Waals surface area (Å²) in [6.45, 7) is 3.89. The standard InChI is InChI=1S/C21H19F3N4O/c1-13-18(26-11-4-12-26)16-5-2-3-6-17(16)28-19(13)20(29)27(25-28)15-9-7-14(8-10-15)21(22,23)24/h2-3,5-10,25,29H,4,11-12H2,1H3. The predicted octanol–water partition coefficient (Wildman–Crippen LogP) is 4.63. The number of para-hydroxylation sites is 1. The number of nitrogens with zero attached hydrogens (tertiary/aromatic N) is 3. The molecular weight excluding hydrogens is 381 g/mol. The van der Waals surface area contributed by atoms with E-state index >= 15 is 0 Å². The van der Waals surface area contributed by atoms with Crippen LogP contribution in [0.4, 0.5) is 24.5 Å². The lowest BCUT2D eigenvalue weighted by Gasteiger charge is -2.41. The van der Waals surface area contributed by atoms with Crippen LogP contribution in [0.3, 0.4) is 0 Å². The van der Waals surface area contributed by atoms with Crippen LogP contribution in [0.25, 0.3) is 5.70 Å². The van der Waals surface area contributed by atoms with Crippen molar-refractivity contribution in [2.75, 3.05) is 23.1 Å². The van der Waals surface area contributed by atoms with Crippen molar-refractivity contribution in [1.82, 2.24) is 10.4 Å². The number of allylic oxidation sites excluding steroid dienone is 1. The number of alkyl halides is 3. The molecule has 8 heteroatoms. The Hall–Kier alpha value is -3.13. The Morgan fingerprint density at radius 3 is 2.24 bits per heavy atom. The highest BCUT2D eigenvalue weighted by atomic mass is 19.4. The molecule has 29 heavy (non-hydrogen) atoms. The average Bonchev–Trinajstić information content (AvgIpc) is 3.01. The number of aliphatic hydroxyl groups excluding tert-OH is 1. The summed E-state index contributed by atoms with van der Waals surface area (Å²) in [6, 6.07) is 12.6. The summed E-state index contributed by atoms with van der Waals surface area (Å²) in [6.07, 6.45) is -3.27. The molecule has 0 aromatic heterocycles. The predicted molar refractivity (Wildman–Crippen MR) is 104 cm³/mol. The zero-order valence-corrected chi connectivity index (χ0v) is 15.7. The lowest BCUT2D eigenvalue weighted by Crippen LogP contribution is -2.44. The number of halogens is 3. The van der Waals surface area contributed by atoms with Crippen molar-refractivity contribution < 1.29 is 18.3 Å². The van der Waals surface area contributed by atoms with E-state index in [2.05, 4.69) is 10.4 Å². The fourth-order valence-corrected chi connectivity index (χ4v) is 4.02.